The summed E-state index contributed by atoms with van der Waals surface area (Å²) in [6.07, 6.45) is 4.72. The highest BCUT2D eigenvalue weighted by Crippen LogP contribution is 2.19. The quantitative estimate of drug-likeness (QED) is 0.815. The van der Waals surface area contributed by atoms with Gasteiger partial charge in [-0.1, -0.05) is 0 Å². The van der Waals surface area contributed by atoms with Crippen LogP contribution in [0.1, 0.15) is 32.1 Å². The summed E-state index contributed by atoms with van der Waals surface area (Å²) in [5, 5.41) is 3.26. The Kier molecular flexibility index (Phi) is 5.00. The molecule has 1 atom stereocenters. The summed E-state index contributed by atoms with van der Waals surface area (Å²) in [5.74, 6) is 0.146. The van der Waals surface area contributed by atoms with Crippen LogP contribution < -0.4 is 5.32 Å². The number of sulfonamides is 1. The minimum atomic E-state index is -3.18. The van der Waals surface area contributed by atoms with Crippen molar-refractivity contribution >= 4 is 10.0 Å². The Morgan fingerprint density at radius 2 is 1.94 bits per heavy atom. The van der Waals surface area contributed by atoms with E-state index < -0.39 is 10.0 Å². The van der Waals surface area contributed by atoms with Crippen molar-refractivity contribution in [3.63, 3.8) is 0 Å². The first kappa shape index (κ1) is 14.2. The molecule has 2 rings (SSSR count). The lowest BCUT2D eigenvalue weighted by molar-refractivity contribution is 0.0297. The highest BCUT2D eigenvalue weighted by atomic mass is 32.2. The summed E-state index contributed by atoms with van der Waals surface area (Å²) >= 11 is 0. The fraction of sp³-hybridized carbons (Fsp3) is 1.00. The number of ether oxygens (including phenoxy) is 1. The van der Waals surface area contributed by atoms with Crippen LogP contribution in [0.15, 0.2) is 0 Å². The molecule has 1 N–H and O–H groups in total. The summed E-state index contributed by atoms with van der Waals surface area (Å²) < 4.78 is 31.8. The molecule has 0 aliphatic carbocycles. The lowest BCUT2D eigenvalue weighted by atomic mass is 10.1. The van der Waals surface area contributed by atoms with Gasteiger partial charge in [0.1, 0.15) is 0 Å². The van der Waals surface area contributed by atoms with Crippen molar-refractivity contribution in [3.8, 4) is 0 Å². The minimum absolute atomic E-state index is 0.104. The molecule has 0 saturated carbocycles. The van der Waals surface area contributed by atoms with Crippen molar-refractivity contribution in [2.75, 3.05) is 32.5 Å². The molecule has 2 fully saturated rings. The van der Waals surface area contributed by atoms with Gasteiger partial charge in [-0.05, 0) is 45.2 Å². The van der Waals surface area contributed by atoms with Crippen LogP contribution in [0.25, 0.3) is 0 Å². The van der Waals surface area contributed by atoms with Crippen LogP contribution in [0.2, 0.25) is 0 Å². The van der Waals surface area contributed by atoms with Crippen LogP contribution in [0.4, 0.5) is 0 Å². The molecule has 2 heterocycles. The van der Waals surface area contributed by atoms with E-state index in [0.717, 1.165) is 45.2 Å². The molecular weight excluding hydrogens is 252 g/mol. The van der Waals surface area contributed by atoms with Gasteiger partial charge in [-0.15, -0.1) is 0 Å². The predicted molar refractivity (Wildman–Crippen MR) is 71.0 cm³/mol. The van der Waals surface area contributed by atoms with Crippen molar-refractivity contribution in [2.24, 2.45) is 0 Å². The zero-order valence-corrected chi connectivity index (χ0v) is 11.9. The third-order valence-electron chi connectivity index (χ3n) is 3.93. The van der Waals surface area contributed by atoms with E-state index >= 15 is 0 Å². The Morgan fingerprint density at radius 1 is 1.22 bits per heavy atom. The van der Waals surface area contributed by atoms with E-state index in [1.165, 1.54) is 0 Å². The predicted octanol–water partition coefficient (Wildman–Crippen LogP) is 0.569. The van der Waals surface area contributed by atoms with E-state index in [2.05, 4.69) is 5.32 Å². The van der Waals surface area contributed by atoms with Crippen molar-refractivity contribution in [1.82, 2.24) is 9.62 Å². The molecule has 5 nitrogen and oxygen atoms in total. The molecule has 1 unspecified atom stereocenters. The largest absolute Gasteiger partial charge is 0.377 e. The SMILES string of the molecule is CN(C1CCNCC1)S(=O)(=O)CC1CCCCO1. The lowest BCUT2D eigenvalue weighted by Gasteiger charge is -2.32. The van der Waals surface area contributed by atoms with E-state index in [9.17, 15) is 8.42 Å². The maximum Gasteiger partial charge on any atom is 0.216 e. The molecule has 2 aliphatic heterocycles. The highest BCUT2D eigenvalue weighted by molar-refractivity contribution is 7.89. The summed E-state index contributed by atoms with van der Waals surface area (Å²) in [4.78, 5) is 0. The zero-order valence-electron chi connectivity index (χ0n) is 11.1. The fourth-order valence-electron chi connectivity index (χ4n) is 2.69. The van der Waals surface area contributed by atoms with E-state index in [4.69, 9.17) is 4.74 Å². The van der Waals surface area contributed by atoms with Crippen LogP contribution in [-0.4, -0.2) is 57.4 Å². The second-order valence-corrected chi connectivity index (χ2v) is 7.34. The Bertz CT molecular complexity index is 346. The van der Waals surface area contributed by atoms with Crippen LogP contribution in [0, 0.1) is 0 Å². The van der Waals surface area contributed by atoms with Gasteiger partial charge in [0.05, 0.1) is 11.9 Å². The highest BCUT2D eigenvalue weighted by Gasteiger charge is 2.30. The Labute approximate surface area is 110 Å². The fourth-order valence-corrected chi connectivity index (χ4v) is 4.32. The Hall–Kier alpha value is -0.170. The Balaban J connectivity index is 1.91. The van der Waals surface area contributed by atoms with Gasteiger partial charge in [-0.3, -0.25) is 0 Å². The second kappa shape index (κ2) is 6.32. The van der Waals surface area contributed by atoms with Crippen molar-refractivity contribution in [1.29, 1.82) is 0 Å². The number of rotatable bonds is 4. The minimum Gasteiger partial charge on any atom is -0.377 e. The molecule has 0 aromatic rings. The molecule has 0 aromatic carbocycles. The Morgan fingerprint density at radius 3 is 2.56 bits per heavy atom. The number of piperidine rings is 1. The maximum absolute atomic E-state index is 12.3. The molecule has 2 aliphatic rings. The van der Waals surface area contributed by atoms with Gasteiger partial charge in [0.25, 0.3) is 0 Å². The van der Waals surface area contributed by atoms with Crippen molar-refractivity contribution in [3.05, 3.63) is 0 Å². The van der Waals surface area contributed by atoms with Gasteiger partial charge in [0.15, 0.2) is 0 Å². The van der Waals surface area contributed by atoms with Gasteiger partial charge in [-0.25, -0.2) is 12.7 Å². The van der Waals surface area contributed by atoms with Gasteiger partial charge >= 0.3 is 0 Å². The number of nitrogens with one attached hydrogen (secondary N) is 1. The molecule has 0 spiro atoms. The van der Waals surface area contributed by atoms with Gasteiger partial charge in [0.2, 0.25) is 10.0 Å². The first-order chi connectivity index (χ1) is 8.59. The summed E-state index contributed by atoms with van der Waals surface area (Å²) in [5.41, 5.74) is 0. The molecule has 0 aromatic heterocycles. The topological polar surface area (TPSA) is 58.6 Å². The van der Waals surface area contributed by atoms with Crippen LogP contribution in [0.3, 0.4) is 0 Å². The van der Waals surface area contributed by atoms with Crippen LogP contribution >= 0.6 is 0 Å². The molecule has 6 heteroatoms. The molecule has 2 saturated heterocycles. The molecular formula is C12H24N2O3S. The van der Waals surface area contributed by atoms with E-state index in [-0.39, 0.29) is 17.9 Å². The first-order valence-electron chi connectivity index (χ1n) is 6.87. The molecule has 0 radical (unpaired) electrons. The van der Waals surface area contributed by atoms with E-state index in [1.54, 1.807) is 11.4 Å². The molecule has 0 bridgehead atoms. The number of hydrogen-bond donors (Lipinski definition) is 1. The summed E-state index contributed by atoms with van der Waals surface area (Å²) in [7, 11) is -1.46. The maximum atomic E-state index is 12.3. The monoisotopic (exact) mass is 276 g/mol. The van der Waals surface area contributed by atoms with E-state index in [0.29, 0.717) is 6.61 Å². The van der Waals surface area contributed by atoms with Gasteiger partial charge < -0.3 is 10.1 Å². The van der Waals surface area contributed by atoms with Crippen LogP contribution in [-0.2, 0) is 14.8 Å². The number of hydrogen-bond acceptors (Lipinski definition) is 4. The van der Waals surface area contributed by atoms with E-state index in [1.807, 2.05) is 0 Å². The average molecular weight is 276 g/mol. The summed E-state index contributed by atoms with van der Waals surface area (Å²) in [6.45, 7) is 2.52. The lowest BCUT2D eigenvalue weighted by Crippen LogP contribution is -2.46. The first-order valence-corrected chi connectivity index (χ1v) is 8.48. The second-order valence-electron chi connectivity index (χ2n) is 5.26. The van der Waals surface area contributed by atoms with Crippen molar-refractivity contribution in [2.45, 2.75) is 44.2 Å². The number of nitrogens with zero attached hydrogens (tertiary/aromatic N) is 1. The smallest absolute Gasteiger partial charge is 0.216 e. The molecule has 0 amide bonds. The third kappa shape index (κ3) is 3.66. The normalized spacial score (nSPS) is 27.6. The standard InChI is InChI=1S/C12H24N2O3S/c1-14(11-5-7-13-8-6-11)18(15,16)10-12-4-2-3-9-17-12/h11-13H,2-10H2,1H3. The average Bonchev–Trinajstić information content (AvgIpc) is 2.39. The summed E-state index contributed by atoms with van der Waals surface area (Å²) in [6, 6.07) is 0.153. The molecule has 18 heavy (non-hydrogen) atoms. The van der Waals surface area contributed by atoms with Gasteiger partial charge in [-0.2, -0.15) is 0 Å². The van der Waals surface area contributed by atoms with Crippen LogP contribution in [0.5, 0.6) is 0 Å². The van der Waals surface area contributed by atoms with Crippen molar-refractivity contribution < 1.29 is 13.2 Å². The third-order valence-corrected chi connectivity index (χ3v) is 5.90. The molecule has 106 valence electrons. The zero-order chi connectivity index (χ0) is 13.0. The van der Waals surface area contributed by atoms with Gasteiger partial charge in [0, 0.05) is 19.7 Å².